The zero-order chi connectivity index (χ0) is 15.8. The van der Waals surface area contributed by atoms with Gasteiger partial charge in [-0.1, -0.05) is 38.5 Å². The van der Waals surface area contributed by atoms with E-state index in [1.165, 1.54) is 64.0 Å². The van der Waals surface area contributed by atoms with E-state index in [0.29, 0.717) is 6.04 Å². The van der Waals surface area contributed by atoms with Crippen LogP contribution in [-0.4, -0.2) is 37.1 Å². The molecule has 0 amide bonds. The molecule has 2 fully saturated rings. The van der Waals surface area contributed by atoms with Crippen molar-refractivity contribution >= 4 is 5.69 Å². The van der Waals surface area contributed by atoms with E-state index >= 15 is 0 Å². The molecular formula is C20H34N2. The van der Waals surface area contributed by atoms with Crippen LogP contribution in [0.25, 0.3) is 0 Å². The summed E-state index contributed by atoms with van der Waals surface area (Å²) in [6.45, 7) is 11.6. The number of hydrogen-bond acceptors (Lipinski definition) is 2. The lowest BCUT2D eigenvalue weighted by atomic mass is 9.90. The SMILES string of the molecule is CC.CC1CC(CN2CCCCC2)CCN1c1ccccc1. The summed E-state index contributed by atoms with van der Waals surface area (Å²) >= 11 is 0. The van der Waals surface area contributed by atoms with E-state index in [0.717, 1.165) is 5.92 Å². The molecule has 3 rings (SSSR count). The van der Waals surface area contributed by atoms with Gasteiger partial charge in [0.05, 0.1) is 0 Å². The number of anilines is 1. The first-order valence-electron chi connectivity index (χ1n) is 9.37. The Morgan fingerprint density at radius 1 is 0.955 bits per heavy atom. The molecule has 0 saturated carbocycles. The monoisotopic (exact) mass is 302 g/mol. The number of benzene rings is 1. The van der Waals surface area contributed by atoms with Gasteiger partial charge in [0.15, 0.2) is 0 Å². The highest BCUT2D eigenvalue weighted by Gasteiger charge is 2.27. The maximum absolute atomic E-state index is 2.71. The average molecular weight is 303 g/mol. The Morgan fingerprint density at radius 3 is 2.27 bits per heavy atom. The normalized spacial score (nSPS) is 26.2. The van der Waals surface area contributed by atoms with Crippen LogP contribution in [0.1, 0.15) is 52.9 Å². The molecule has 0 aliphatic carbocycles. The van der Waals surface area contributed by atoms with Gasteiger partial charge in [-0.15, -0.1) is 0 Å². The molecule has 2 atom stereocenters. The highest BCUT2D eigenvalue weighted by molar-refractivity contribution is 5.47. The Balaban J connectivity index is 0.000000847. The van der Waals surface area contributed by atoms with E-state index in [1.807, 2.05) is 13.8 Å². The van der Waals surface area contributed by atoms with Gasteiger partial charge in [-0.05, 0) is 63.7 Å². The zero-order valence-corrected chi connectivity index (χ0v) is 14.8. The van der Waals surface area contributed by atoms with Crippen LogP contribution in [0.4, 0.5) is 5.69 Å². The van der Waals surface area contributed by atoms with Crippen molar-refractivity contribution in [2.24, 2.45) is 5.92 Å². The number of hydrogen-bond donors (Lipinski definition) is 0. The summed E-state index contributed by atoms with van der Waals surface area (Å²) in [5.74, 6) is 0.906. The van der Waals surface area contributed by atoms with Crippen LogP contribution in [0, 0.1) is 5.92 Å². The minimum absolute atomic E-state index is 0.681. The van der Waals surface area contributed by atoms with E-state index < -0.39 is 0 Å². The fraction of sp³-hybridized carbons (Fsp3) is 0.700. The predicted molar refractivity (Wildman–Crippen MR) is 97.6 cm³/mol. The second-order valence-corrected chi connectivity index (χ2v) is 6.63. The van der Waals surface area contributed by atoms with E-state index in [4.69, 9.17) is 0 Å². The first kappa shape index (κ1) is 17.3. The predicted octanol–water partition coefficient (Wildman–Crippen LogP) is 4.80. The summed E-state index contributed by atoms with van der Waals surface area (Å²) < 4.78 is 0. The number of piperidine rings is 2. The molecule has 2 aliphatic heterocycles. The van der Waals surface area contributed by atoms with E-state index in [2.05, 4.69) is 47.1 Å². The zero-order valence-electron chi connectivity index (χ0n) is 14.8. The van der Waals surface area contributed by atoms with Crippen LogP contribution in [0.15, 0.2) is 30.3 Å². The van der Waals surface area contributed by atoms with Crippen molar-refractivity contribution in [3.8, 4) is 0 Å². The van der Waals surface area contributed by atoms with Gasteiger partial charge in [-0.25, -0.2) is 0 Å². The fourth-order valence-corrected chi connectivity index (χ4v) is 3.95. The van der Waals surface area contributed by atoms with Gasteiger partial charge < -0.3 is 9.80 Å². The van der Waals surface area contributed by atoms with Gasteiger partial charge >= 0.3 is 0 Å². The van der Waals surface area contributed by atoms with Crippen molar-refractivity contribution in [2.75, 3.05) is 31.1 Å². The standard InChI is InChI=1S/C18H28N2.C2H6/c1-16-14-17(15-19-11-6-3-7-12-19)10-13-20(16)18-8-4-2-5-9-18;1-2/h2,4-5,8-9,16-17H,3,6-7,10-15H2,1H3;1-2H3. The fourth-order valence-electron chi connectivity index (χ4n) is 3.95. The van der Waals surface area contributed by atoms with E-state index in [-0.39, 0.29) is 0 Å². The van der Waals surface area contributed by atoms with Crippen LogP contribution in [0.3, 0.4) is 0 Å². The number of rotatable bonds is 3. The van der Waals surface area contributed by atoms with Gasteiger partial charge in [-0.2, -0.15) is 0 Å². The summed E-state index contributed by atoms with van der Waals surface area (Å²) in [6, 6.07) is 11.6. The molecule has 124 valence electrons. The first-order valence-corrected chi connectivity index (χ1v) is 9.37. The molecular weight excluding hydrogens is 268 g/mol. The van der Waals surface area contributed by atoms with Crippen LogP contribution in [-0.2, 0) is 0 Å². The number of likely N-dealkylation sites (tertiary alicyclic amines) is 1. The molecule has 1 aromatic rings. The van der Waals surface area contributed by atoms with Crippen molar-refractivity contribution in [1.82, 2.24) is 4.90 Å². The van der Waals surface area contributed by atoms with Crippen LogP contribution in [0.2, 0.25) is 0 Å². The molecule has 0 bridgehead atoms. The molecule has 22 heavy (non-hydrogen) atoms. The molecule has 2 unspecified atom stereocenters. The molecule has 2 heterocycles. The van der Waals surface area contributed by atoms with E-state index in [1.54, 1.807) is 0 Å². The number of para-hydroxylation sites is 1. The Bertz CT molecular complexity index is 397. The van der Waals surface area contributed by atoms with Crippen molar-refractivity contribution in [2.45, 2.75) is 58.9 Å². The van der Waals surface area contributed by atoms with Crippen LogP contribution < -0.4 is 4.90 Å². The summed E-state index contributed by atoms with van der Waals surface area (Å²) in [6.07, 6.45) is 6.98. The minimum Gasteiger partial charge on any atom is -0.369 e. The van der Waals surface area contributed by atoms with Gasteiger partial charge in [0.2, 0.25) is 0 Å². The second kappa shape index (κ2) is 9.19. The van der Waals surface area contributed by atoms with Crippen molar-refractivity contribution < 1.29 is 0 Å². The quantitative estimate of drug-likeness (QED) is 0.791. The third-order valence-corrected chi connectivity index (χ3v) is 5.04. The third-order valence-electron chi connectivity index (χ3n) is 5.04. The highest BCUT2D eigenvalue weighted by Crippen LogP contribution is 2.28. The van der Waals surface area contributed by atoms with Crippen molar-refractivity contribution in [3.05, 3.63) is 30.3 Å². The first-order chi connectivity index (χ1) is 10.8. The molecule has 0 radical (unpaired) electrons. The summed E-state index contributed by atoms with van der Waals surface area (Å²) in [5.41, 5.74) is 1.40. The van der Waals surface area contributed by atoms with Crippen molar-refractivity contribution in [3.63, 3.8) is 0 Å². The lowest BCUT2D eigenvalue weighted by Crippen LogP contribution is -2.44. The maximum Gasteiger partial charge on any atom is 0.0368 e. The maximum atomic E-state index is 2.71. The van der Waals surface area contributed by atoms with Gasteiger partial charge in [0, 0.05) is 24.8 Å². The molecule has 2 saturated heterocycles. The molecule has 0 aromatic heterocycles. The second-order valence-electron chi connectivity index (χ2n) is 6.63. The molecule has 0 N–H and O–H groups in total. The lowest BCUT2D eigenvalue weighted by Gasteiger charge is -2.41. The average Bonchev–Trinajstić information content (AvgIpc) is 2.58. The molecule has 2 aliphatic rings. The molecule has 2 nitrogen and oxygen atoms in total. The summed E-state index contributed by atoms with van der Waals surface area (Å²) in [7, 11) is 0. The molecule has 0 spiro atoms. The largest absolute Gasteiger partial charge is 0.369 e. The van der Waals surface area contributed by atoms with Crippen LogP contribution in [0.5, 0.6) is 0 Å². The molecule has 2 heteroatoms. The minimum atomic E-state index is 0.681. The Morgan fingerprint density at radius 2 is 1.64 bits per heavy atom. The number of nitrogens with zero attached hydrogens (tertiary/aromatic N) is 2. The van der Waals surface area contributed by atoms with Crippen LogP contribution >= 0.6 is 0 Å². The Hall–Kier alpha value is -1.02. The smallest absolute Gasteiger partial charge is 0.0368 e. The molecule has 1 aromatic carbocycles. The van der Waals surface area contributed by atoms with Gasteiger partial charge in [0.1, 0.15) is 0 Å². The highest BCUT2D eigenvalue weighted by atomic mass is 15.2. The van der Waals surface area contributed by atoms with Crippen molar-refractivity contribution in [1.29, 1.82) is 0 Å². The summed E-state index contributed by atoms with van der Waals surface area (Å²) in [5, 5.41) is 0. The van der Waals surface area contributed by atoms with Gasteiger partial charge in [0.25, 0.3) is 0 Å². The topological polar surface area (TPSA) is 6.48 Å². The summed E-state index contributed by atoms with van der Waals surface area (Å²) in [4.78, 5) is 5.30. The Labute approximate surface area is 137 Å². The third kappa shape index (κ3) is 4.74. The Kier molecular flexibility index (Phi) is 7.24. The van der Waals surface area contributed by atoms with E-state index in [9.17, 15) is 0 Å². The lowest BCUT2D eigenvalue weighted by molar-refractivity contribution is 0.174. The van der Waals surface area contributed by atoms with Gasteiger partial charge in [-0.3, -0.25) is 0 Å².